The van der Waals surface area contributed by atoms with Crippen LogP contribution in [0.5, 0.6) is 5.75 Å². The number of hydrogen-bond donors (Lipinski definition) is 0. The van der Waals surface area contributed by atoms with Crippen LogP contribution >= 0.6 is 0 Å². The average Bonchev–Trinajstić information content (AvgIpc) is 2.22. The molecule has 0 heterocycles. The van der Waals surface area contributed by atoms with Gasteiger partial charge in [-0.2, -0.15) is 0 Å². The molecule has 1 rings (SSSR count). The van der Waals surface area contributed by atoms with Crippen LogP contribution in [0.15, 0.2) is 30.9 Å². The van der Waals surface area contributed by atoms with Crippen molar-refractivity contribution in [3.63, 3.8) is 0 Å². The van der Waals surface area contributed by atoms with Gasteiger partial charge in [-0.05, 0) is 24.6 Å². The van der Waals surface area contributed by atoms with E-state index in [-0.39, 0.29) is 5.82 Å². The molecule has 0 bridgehead atoms. The van der Waals surface area contributed by atoms with Gasteiger partial charge in [-0.3, -0.25) is 0 Å². The van der Waals surface area contributed by atoms with Crippen molar-refractivity contribution in [3.8, 4) is 5.75 Å². The minimum Gasteiger partial charge on any atom is -0.491 e. The first-order valence-electron chi connectivity index (χ1n) is 4.79. The minimum atomic E-state index is -0.258. The number of rotatable bonds is 6. The molecule has 0 unspecified atom stereocenters. The van der Waals surface area contributed by atoms with Crippen LogP contribution in [0.3, 0.4) is 0 Å². The maximum absolute atomic E-state index is 12.9. The molecule has 2 nitrogen and oxygen atoms in total. The van der Waals surface area contributed by atoms with Crippen molar-refractivity contribution in [2.75, 3.05) is 20.3 Å². The third-order valence-electron chi connectivity index (χ3n) is 1.93. The first-order valence-corrected chi connectivity index (χ1v) is 4.79. The molecule has 0 saturated carbocycles. The Balaban J connectivity index is 2.71. The molecule has 0 aromatic heterocycles. The van der Waals surface area contributed by atoms with Gasteiger partial charge >= 0.3 is 0 Å². The largest absolute Gasteiger partial charge is 0.491 e. The number of ether oxygens (including phenoxy) is 2. The van der Waals surface area contributed by atoms with E-state index in [1.54, 1.807) is 19.3 Å². The summed E-state index contributed by atoms with van der Waals surface area (Å²) in [5.74, 6) is 0.430. The summed E-state index contributed by atoms with van der Waals surface area (Å²) in [5, 5.41) is 0. The van der Waals surface area contributed by atoms with Gasteiger partial charge in [0.1, 0.15) is 18.2 Å². The topological polar surface area (TPSA) is 18.5 Å². The maximum atomic E-state index is 12.9. The Labute approximate surface area is 89.3 Å². The van der Waals surface area contributed by atoms with Gasteiger partial charge < -0.3 is 9.47 Å². The summed E-state index contributed by atoms with van der Waals surface area (Å²) < 4.78 is 23.3. The van der Waals surface area contributed by atoms with Gasteiger partial charge in [0.15, 0.2) is 0 Å². The normalized spacial score (nSPS) is 10.0. The fraction of sp³-hybridized carbons (Fsp3) is 0.333. The van der Waals surface area contributed by atoms with Crippen LogP contribution < -0.4 is 4.74 Å². The fourth-order valence-electron chi connectivity index (χ4n) is 1.24. The highest BCUT2D eigenvalue weighted by atomic mass is 19.1. The van der Waals surface area contributed by atoms with Crippen LogP contribution in [0.2, 0.25) is 0 Å². The van der Waals surface area contributed by atoms with Gasteiger partial charge in [-0.15, -0.1) is 6.58 Å². The summed E-state index contributed by atoms with van der Waals surface area (Å²) in [4.78, 5) is 0. The number of halogens is 1. The highest BCUT2D eigenvalue weighted by Gasteiger charge is 2.03. The number of hydrogen-bond acceptors (Lipinski definition) is 2. The molecule has 0 aliphatic heterocycles. The maximum Gasteiger partial charge on any atom is 0.123 e. The Morgan fingerprint density at radius 3 is 2.87 bits per heavy atom. The summed E-state index contributed by atoms with van der Waals surface area (Å²) >= 11 is 0. The first kappa shape index (κ1) is 11.7. The minimum absolute atomic E-state index is 0.258. The highest BCUT2D eigenvalue weighted by molar-refractivity contribution is 5.35. The monoisotopic (exact) mass is 210 g/mol. The van der Waals surface area contributed by atoms with Crippen LogP contribution in [0.25, 0.3) is 0 Å². The van der Waals surface area contributed by atoms with E-state index < -0.39 is 0 Å². The zero-order valence-corrected chi connectivity index (χ0v) is 8.83. The van der Waals surface area contributed by atoms with Crippen molar-refractivity contribution >= 4 is 0 Å². The standard InChI is InChI=1S/C12H15FO2/c1-3-4-10-9-11(13)5-6-12(10)15-8-7-14-2/h3,5-6,9H,1,4,7-8H2,2H3. The molecule has 0 N–H and O–H groups in total. The molecule has 1 aromatic rings. The fourth-order valence-corrected chi connectivity index (χ4v) is 1.24. The summed E-state index contributed by atoms with van der Waals surface area (Å²) in [7, 11) is 1.61. The summed E-state index contributed by atoms with van der Waals surface area (Å²) in [5.41, 5.74) is 0.807. The smallest absolute Gasteiger partial charge is 0.123 e. The molecule has 0 radical (unpaired) electrons. The van der Waals surface area contributed by atoms with E-state index in [1.807, 2.05) is 0 Å². The molecule has 0 saturated heterocycles. The van der Waals surface area contributed by atoms with E-state index in [0.29, 0.717) is 25.4 Å². The van der Waals surface area contributed by atoms with Crippen LogP contribution in [-0.2, 0) is 11.2 Å². The molecular formula is C12H15FO2. The van der Waals surface area contributed by atoms with Crippen molar-refractivity contribution in [2.24, 2.45) is 0 Å². The molecule has 0 amide bonds. The molecule has 15 heavy (non-hydrogen) atoms. The summed E-state index contributed by atoms with van der Waals surface area (Å²) in [6, 6.07) is 4.47. The van der Waals surface area contributed by atoms with Crippen molar-refractivity contribution in [1.29, 1.82) is 0 Å². The number of benzene rings is 1. The van der Waals surface area contributed by atoms with E-state index in [9.17, 15) is 4.39 Å². The zero-order valence-electron chi connectivity index (χ0n) is 8.83. The molecule has 82 valence electrons. The van der Waals surface area contributed by atoms with Crippen LogP contribution in [0, 0.1) is 5.82 Å². The Kier molecular flexibility index (Phi) is 4.84. The Hall–Kier alpha value is -1.35. The van der Waals surface area contributed by atoms with Gasteiger partial charge in [0.25, 0.3) is 0 Å². The second-order valence-electron chi connectivity index (χ2n) is 3.09. The van der Waals surface area contributed by atoms with Gasteiger partial charge in [0.2, 0.25) is 0 Å². The second-order valence-corrected chi connectivity index (χ2v) is 3.09. The van der Waals surface area contributed by atoms with E-state index in [2.05, 4.69) is 6.58 Å². The van der Waals surface area contributed by atoms with Crippen LogP contribution in [0.1, 0.15) is 5.56 Å². The van der Waals surface area contributed by atoms with Gasteiger partial charge in [-0.1, -0.05) is 6.08 Å². The van der Waals surface area contributed by atoms with Crippen LogP contribution in [0.4, 0.5) is 4.39 Å². The van der Waals surface area contributed by atoms with E-state index in [0.717, 1.165) is 5.56 Å². The van der Waals surface area contributed by atoms with Crippen molar-refractivity contribution in [2.45, 2.75) is 6.42 Å². The lowest BCUT2D eigenvalue weighted by atomic mass is 10.1. The molecule has 0 spiro atoms. The van der Waals surface area contributed by atoms with Crippen LogP contribution in [-0.4, -0.2) is 20.3 Å². The predicted molar refractivity (Wildman–Crippen MR) is 57.7 cm³/mol. The number of allylic oxidation sites excluding steroid dienone is 1. The predicted octanol–water partition coefficient (Wildman–Crippen LogP) is 2.58. The van der Waals surface area contributed by atoms with Crippen molar-refractivity contribution < 1.29 is 13.9 Å². The lowest BCUT2D eigenvalue weighted by Crippen LogP contribution is -2.06. The van der Waals surface area contributed by atoms with E-state index in [4.69, 9.17) is 9.47 Å². The molecule has 3 heteroatoms. The second kappa shape index (κ2) is 6.19. The first-order chi connectivity index (χ1) is 7.27. The SMILES string of the molecule is C=CCc1cc(F)ccc1OCCOC. The van der Waals surface area contributed by atoms with E-state index >= 15 is 0 Å². The molecule has 1 aromatic carbocycles. The Morgan fingerprint density at radius 1 is 1.40 bits per heavy atom. The molecule has 0 aliphatic rings. The molecule has 0 aliphatic carbocycles. The molecular weight excluding hydrogens is 195 g/mol. The van der Waals surface area contributed by atoms with Crippen molar-refractivity contribution in [3.05, 3.63) is 42.2 Å². The highest BCUT2D eigenvalue weighted by Crippen LogP contribution is 2.20. The Bertz CT molecular complexity index is 323. The van der Waals surface area contributed by atoms with Crippen molar-refractivity contribution in [1.82, 2.24) is 0 Å². The quantitative estimate of drug-likeness (QED) is 0.530. The lowest BCUT2D eigenvalue weighted by Gasteiger charge is -2.09. The van der Waals surface area contributed by atoms with Gasteiger partial charge in [0, 0.05) is 12.7 Å². The summed E-state index contributed by atoms with van der Waals surface area (Å²) in [6.45, 7) is 4.60. The third-order valence-corrected chi connectivity index (χ3v) is 1.93. The third kappa shape index (κ3) is 3.72. The molecule has 0 fully saturated rings. The zero-order chi connectivity index (χ0) is 11.1. The summed E-state index contributed by atoms with van der Waals surface area (Å²) in [6.07, 6.45) is 2.32. The van der Waals surface area contributed by atoms with Gasteiger partial charge in [0.05, 0.1) is 6.61 Å². The Morgan fingerprint density at radius 2 is 2.20 bits per heavy atom. The number of methoxy groups -OCH3 is 1. The van der Waals surface area contributed by atoms with E-state index in [1.165, 1.54) is 12.1 Å². The van der Waals surface area contributed by atoms with Gasteiger partial charge in [-0.25, -0.2) is 4.39 Å². The molecule has 0 atom stereocenters. The average molecular weight is 210 g/mol. The lowest BCUT2D eigenvalue weighted by molar-refractivity contribution is 0.146.